The highest BCUT2D eigenvalue weighted by molar-refractivity contribution is 5.70. The number of epoxide rings is 1. The number of morpholine rings is 1. The molecule has 3 unspecified atom stereocenters. The Morgan fingerprint density at radius 3 is 2.60 bits per heavy atom. The summed E-state index contributed by atoms with van der Waals surface area (Å²) in [6.45, 7) is 2.20. The maximum atomic E-state index is 11.7. The third-order valence-corrected chi connectivity index (χ3v) is 3.54. The van der Waals surface area contributed by atoms with Crippen LogP contribution in [0, 0.1) is 0 Å². The van der Waals surface area contributed by atoms with Crippen LogP contribution in [0.2, 0.25) is 0 Å². The lowest BCUT2D eigenvalue weighted by molar-refractivity contribution is -0.0123. The first-order valence-electron chi connectivity index (χ1n) is 5.51. The molecule has 1 N–H and O–H groups in total. The van der Waals surface area contributed by atoms with E-state index in [1.54, 1.807) is 11.8 Å². The van der Waals surface area contributed by atoms with Crippen LogP contribution in [0.4, 0.5) is 4.79 Å². The Morgan fingerprint density at radius 1 is 1.47 bits per heavy atom. The maximum absolute atomic E-state index is 11.7. The molecule has 0 saturated carbocycles. The number of fused-ring (bicyclic) bond motifs is 5. The molecule has 5 heteroatoms. The molecule has 5 atom stereocenters. The summed E-state index contributed by atoms with van der Waals surface area (Å²) in [5.41, 5.74) is 0. The number of nitrogens with zero attached hydrogens (tertiary/aromatic N) is 1. The first kappa shape index (κ1) is 9.42. The Balaban J connectivity index is 1.78. The highest BCUT2D eigenvalue weighted by Crippen LogP contribution is 2.48. The largest absolute Gasteiger partial charge is 0.450 e. The zero-order chi connectivity index (χ0) is 10.6. The van der Waals surface area contributed by atoms with Crippen molar-refractivity contribution in [3.05, 3.63) is 0 Å². The molecule has 15 heavy (non-hydrogen) atoms. The van der Waals surface area contributed by atoms with Gasteiger partial charge in [0.2, 0.25) is 0 Å². The summed E-state index contributed by atoms with van der Waals surface area (Å²) in [5, 5.41) is 9.62. The van der Waals surface area contributed by atoms with Gasteiger partial charge < -0.3 is 14.6 Å². The standard InChI is InChI=1S/C10H15NO4/c1-2-14-10(13)11-6-3-5(12)4-7(11)9-8(6)15-9/h5-9,12H,2-4H2,1H3/t5?,6?,7?,8-,9+. The molecule has 0 radical (unpaired) electrons. The molecule has 3 saturated heterocycles. The Kier molecular flexibility index (Phi) is 1.94. The molecule has 0 aliphatic carbocycles. The van der Waals surface area contributed by atoms with Crippen LogP contribution < -0.4 is 0 Å². The highest BCUT2D eigenvalue weighted by Gasteiger charge is 2.65. The lowest BCUT2D eigenvalue weighted by Crippen LogP contribution is -2.52. The van der Waals surface area contributed by atoms with Gasteiger partial charge in [0.05, 0.1) is 24.8 Å². The predicted molar refractivity (Wildman–Crippen MR) is 50.3 cm³/mol. The van der Waals surface area contributed by atoms with Crippen molar-refractivity contribution in [3.63, 3.8) is 0 Å². The number of ether oxygens (including phenoxy) is 2. The zero-order valence-electron chi connectivity index (χ0n) is 8.63. The van der Waals surface area contributed by atoms with Crippen LogP contribution in [0.1, 0.15) is 19.8 Å². The van der Waals surface area contributed by atoms with Gasteiger partial charge in [0, 0.05) is 0 Å². The third kappa shape index (κ3) is 1.26. The second kappa shape index (κ2) is 3.09. The summed E-state index contributed by atoms with van der Waals surface area (Å²) >= 11 is 0. The van der Waals surface area contributed by atoms with Gasteiger partial charge >= 0.3 is 6.09 Å². The monoisotopic (exact) mass is 213 g/mol. The van der Waals surface area contributed by atoms with Gasteiger partial charge in [-0.25, -0.2) is 4.79 Å². The summed E-state index contributed by atoms with van der Waals surface area (Å²) in [5.74, 6) is 0. The van der Waals surface area contributed by atoms with Gasteiger partial charge in [-0.05, 0) is 19.8 Å². The van der Waals surface area contributed by atoms with Crippen molar-refractivity contribution in [2.45, 2.75) is 50.2 Å². The van der Waals surface area contributed by atoms with E-state index < -0.39 is 0 Å². The van der Waals surface area contributed by atoms with Crippen molar-refractivity contribution in [1.82, 2.24) is 4.90 Å². The molecule has 3 heterocycles. The number of carbonyl (C=O) groups is 1. The molecule has 3 fully saturated rings. The Morgan fingerprint density at radius 2 is 2.07 bits per heavy atom. The minimum absolute atomic E-state index is 0.0304. The van der Waals surface area contributed by atoms with Crippen molar-refractivity contribution in [2.75, 3.05) is 6.61 Å². The fourth-order valence-corrected chi connectivity index (χ4v) is 2.94. The zero-order valence-corrected chi connectivity index (χ0v) is 8.63. The maximum Gasteiger partial charge on any atom is 0.410 e. The second-order valence-electron chi connectivity index (χ2n) is 4.43. The van der Waals surface area contributed by atoms with Crippen molar-refractivity contribution in [1.29, 1.82) is 0 Å². The third-order valence-electron chi connectivity index (χ3n) is 3.54. The minimum Gasteiger partial charge on any atom is -0.450 e. The number of aliphatic hydroxyl groups is 1. The van der Waals surface area contributed by atoms with E-state index in [9.17, 15) is 9.90 Å². The number of carbonyl (C=O) groups excluding carboxylic acids is 1. The van der Waals surface area contributed by atoms with Crippen LogP contribution in [-0.2, 0) is 9.47 Å². The Bertz CT molecular complexity index is 277. The average Bonchev–Trinajstić information content (AvgIpc) is 2.91. The molecule has 3 rings (SSSR count). The summed E-state index contributed by atoms with van der Waals surface area (Å²) in [4.78, 5) is 13.5. The molecule has 3 aliphatic rings. The van der Waals surface area contributed by atoms with E-state index in [1.807, 2.05) is 0 Å². The van der Waals surface area contributed by atoms with Gasteiger partial charge in [0.1, 0.15) is 12.2 Å². The summed E-state index contributed by atoms with van der Waals surface area (Å²) in [6.07, 6.45) is 0.998. The summed E-state index contributed by atoms with van der Waals surface area (Å²) in [6, 6.07) is 0.0607. The Hall–Kier alpha value is -0.810. The van der Waals surface area contributed by atoms with Crippen LogP contribution in [0.3, 0.4) is 0 Å². The molecule has 0 spiro atoms. The van der Waals surface area contributed by atoms with Gasteiger partial charge in [0.15, 0.2) is 0 Å². The van der Waals surface area contributed by atoms with Crippen LogP contribution in [0.25, 0.3) is 0 Å². The van der Waals surface area contributed by atoms with Crippen molar-refractivity contribution < 1.29 is 19.4 Å². The van der Waals surface area contributed by atoms with Gasteiger partial charge in [0.25, 0.3) is 0 Å². The molecule has 1 amide bonds. The SMILES string of the molecule is CCOC(=O)N1C2CC(O)CC1[C@@H]1O[C@H]21. The normalized spacial score (nSPS) is 46.3. The fraction of sp³-hybridized carbons (Fsp3) is 0.900. The van der Waals surface area contributed by atoms with E-state index in [-0.39, 0.29) is 36.5 Å². The summed E-state index contributed by atoms with van der Waals surface area (Å²) in [7, 11) is 0. The van der Waals surface area contributed by atoms with Crippen LogP contribution in [0.5, 0.6) is 0 Å². The molecular formula is C10H15NO4. The first-order chi connectivity index (χ1) is 7.22. The Labute approximate surface area is 87.9 Å². The van der Waals surface area contributed by atoms with Gasteiger partial charge in [-0.15, -0.1) is 0 Å². The van der Waals surface area contributed by atoms with E-state index in [0.29, 0.717) is 19.4 Å². The molecule has 0 aromatic carbocycles. The minimum atomic E-state index is -0.290. The topological polar surface area (TPSA) is 62.3 Å². The number of aliphatic hydroxyl groups excluding tert-OH is 1. The number of rotatable bonds is 1. The molecule has 0 aromatic heterocycles. The molecule has 3 aliphatic heterocycles. The molecule has 5 nitrogen and oxygen atoms in total. The first-order valence-corrected chi connectivity index (χ1v) is 5.51. The second-order valence-corrected chi connectivity index (χ2v) is 4.43. The molecular weight excluding hydrogens is 198 g/mol. The predicted octanol–water partition coefficient (Wildman–Crippen LogP) is 0.118. The number of hydrogen-bond donors (Lipinski definition) is 1. The lowest BCUT2D eigenvalue weighted by atomic mass is 9.99. The smallest absolute Gasteiger partial charge is 0.410 e. The van der Waals surface area contributed by atoms with E-state index in [1.165, 1.54) is 0 Å². The molecule has 0 aromatic rings. The fourth-order valence-electron chi connectivity index (χ4n) is 2.94. The molecule has 2 bridgehead atoms. The van der Waals surface area contributed by atoms with Gasteiger partial charge in [-0.1, -0.05) is 0 Å². The molecule has 84 valence electrons. The van der Waals surface area contributed by atoms with Crippen molar-refractivity contribution >= 4 is 6.09 Å². The van der Waals surface area contributed by atoms with Gasteiger partial charge in [-0.3, -0.25) is 4.90 Å². The van der Waals surface area contributed by atoms with E-state index >= 15 is 0 Å². The van der Waals surface area contributed by atoms with Gasteiger partial charge in [-0.2, -0.15) is 0 Å². The van der Waals surface area contributed by atoms with E-state index in [4.69, 9.17) is 9.47 Å². The summed E-state index contributed by atoms with van der Waals surface area (Å²) < 4.78 is 10.5. The van der Waals surface area contributed by atoms with E-state index in [0.717, 1.165) is 0 Å². The number of piperidine rings is 1. The van der Waals surface area contributed by atoms with E-state index in [2.05, 4.69) is 0 Å². The van der Waals surface area contributed by atoms with Crippen LogP contribution in [-0.4, -0.2) is 53.1 Å². The number of amides is 1. The highest BCUT2D eigenvalue weighted by atomic mass is 16.6. The average molecular weight is 213 g/mol. The number of hydrogen-bond acceptors (Lipinski definition) is 4. The van der Waals surface area contributed by atoms with Crippen LogP contribution >= 0.6 is 0 Å². The lowest BCUT2D eigenvalue weighted by Gasteiger charge is -2.38. The van der Waals surface area contributed by atoms with Crippen molar-refractivity contribution in [3.8, 4) is 0 Å². The quantitative estimate of drug-likeness (QED) is 0.628. The van der Waals surface area contributed by atoms with Crippen molar-refractivity contribution in [2.24, 2.45) is 0 Å². The van der Waals surface area contributed by atoms with Crippen LogP contribution in [0.15, 0.2) is 0 Å².